The maximum absolute atomic E-state index is 11.0. The van der Waals surface area contributed by atoms with Crippen LogP contribution >= 0.6 is 0 Å². The third kappa shape index (κ3) is 7.28. The number of nitrogens with zero attached hydrogens (tertiary/aromatic N) is 1. The highest BCUT2D eigenvalue weighted by molar-refractivity contribution is 7.88. The van der Waals surface area contributed by atoms with Crippen molar-refractivity contribution in [1.29, 1.82) is 0 Å². The molecule has 0 aliphatic heterocycles. The van der Waals surface area contributed by atoms with E-state index in [2.05, 4.69) is 20.3 Å². The normalized spacial score (nSPS) is 12.0. The molecule has 0 saturated carbocycles. The molecule has 1 rings (SSSR count). The maximum Gasteiger partial charge on any atom is 0.208 e. The van der Waals surface area contributed by atoms with Crippen molar-refractivity contribution in [1.82, 2.24) is 15.4 Å². The molecular formula is C14H24N4O3S. The monoisotopic (exact) mass is 328 g/mol. The van der Waals surface area contributed by atoms with Gasteiger partial charge in [-0.2, -0.15) is 0 Å². The molecule has 1 aromatic carbocycles. The van der Waals surface area contributed by atoms with Crippen molar-refractivity contribution in [2.45, 2.75) is 13.5 Å². The first-order valence-corrected chi connectivity index (χ1v) is 8.95. The van der Waals surface area contributed by atoms with E-state index in [1.807, 2.05) is 31.2 Å². The summed E-state index contributed by atoms with van der Waals surface area (Å²) < 4.78 is 29.9. The predicted octanol–water partition coefficient (Wildman–Crippen LogP) is 0.300. The summed E-state index contributed by atoms with van der Waals surface area (Å²) in [5, 5.41) is 6.20. The molecule has 0 aliphatic carbocycles. The van der Waals surface area contributed by atoms with Gasteiger partial charge in [0.25, 0.3) is 0 Å². The Morgan fingerprint density at radius 3 is 2.59 bits per heavy atom. The number of para-hydroxylation sites is 1. The van der Waals surface area contributed by atoms with Crippen molar-refractivity contribution < 1.29 is 13.2 Å². The second kappa shape index (κ2) is 9.26. The number of ether oxygens (including phenoxy) is 1. The van der Waals surface area contributed by atoms with Crippen molar-refractivity contribution in [2.75, 3.05) is 33.0 Å². The Kier molecular flexibility index (Phi) is 7.69. The fourth-order valence-corrected chi connectivity index (χ4v) is 2.24. The van der Waals surface area contributed by atoms with Gasteiger partial charge in [-0.3, -0.25) is 4.99 Å². The number of hydrogen-bond donors (Lipinski definition) is 3. The zero-order chi connectivity index (χ0) is 16.4. The summed E-state index contributed by atoms with van der Waals surface area (Å²) in [6, 6.07) is 7.79. The van der Waals surface area contributed by atoms with E-state index in [1.54, 1.807) is 7.05 Å². The molecule has 3 N–H and O–H groups in total. The molecule has 124 valence electrons. The molecule has 0 saturated heterocycles. The maximum atomic E-state index is 11.0. The first-order valence-electron chi connectivity index (χ1n) is 7.06. The van der Waals surface area contributed by atoms with Gasteiger partial charge in [0.2, 0.25) is 10.0 Å². The van der Waals surface area contributed by atoms with Crippen LogP contribution in [-0.2, 0) is 16.6 Å². The van der Waals surface area contributed by atoms with E-state index in [0.717, 1.165) is 17.6 Å². The van der Waals surface area contributed by atoms with Crippen LogP contribution in [0.3, 0.4) is 0 Å². The molecule has 0 heterocycles. The van der Waals surface area contributed by atoms with Gasteiger partial charge in [0.05, 0.1) is 12.9 Å². The largest absolute Gasteiger partial charge is 0.494 e. The van der Waals surface area contributed by atoms with Gasteiger partial charge in [-0.25, -0.2) is 13.1 Å². The van der Waals surface area contributed by atoms with Gasteiger partial charge >= 0.3 is 0 Å². The Morgan fingerprint density at radius 2 is 1.95 bits per heavy atom. The van der Waals surface area contributed by atoms with Crippen LogP contribution in [-0.4, -0.2) is 47.4 Å². The van der Waals surface area contributed by atoms with E-state index in [1.165, 1.54) is 0 Å². The number of hydrogen-bond acceptors (Lipinski definition) is 4. The van der Waals surface area contributed by atoms with Crippen LogP contribution in [0.25, 0.3) is 0 Å². The second-order valence-electron chi connectivity index (χ2n) is 4.56. The Bertz CT molecular complexity index is 588. The standard InChI is InChI=1S/C14H24N4O3S/c1-4-21-13-8-6-5-7-12(13)11-17-14(15-2)16-9-10-18-22(3,19)20/h5-8,18H,4,9-11H2,1-3H3,(H2,15,16,17). The Labute approximate surface area is 132 Å². The van der Waals surface area contributed by atoms with E-state index >= 15 is 0 Å². The zero-order valence-electron chi connectivity index (χ0n) is 13.2. The molecule has 0 aliphatic rings. The third-order valence-corrected chi connectivity index (χ3v) is 3.45. The van der Waals surface area contributed by atoms with Crippen LogP contribution in [0.1, 0.15) is 12.5 Å². The van der Waals surface area contributed by atoms with Gasteiger partial charge in [-0.1, -0.05) is 18.2 Å². The van der Waals surface area contributed by atoms with Crippen LogP contribution < -0.4 is 20.1 Å². The van der Waals surface area contributed by atoms with Crippen LogP contribution in [0.15, 0.2) is 29.3 Å². The van der Waals surface area contributed by atoms with Crippen molar-refractivity contribution in [3.05, 3.63) is 29.8 Å². The highest BCUT2D eigenvalue weighted by atomic mass is 32.2. The molecule has 0 atom stereocenters. The summed E-state index contributed by atoms with van der Waals surface area (Å²) >= 11 is 0. The summed E-state index contributed by atoms with van der Waals surface area (Å²) in [7, 11) is -1.50. The number of benzene rings is 1. The fraction of sp³-hybridized carbons (Fsp3) is 0.500. The molecule has 0 fully saturated rings. The Balaban J connectivity index is 2.44. The molecule has 22 heavy (non-hydrogen) atoms. The van der Waals surface area contributed by atoms with Crippen LogP contribution in [0.5, 0.6) is 5.75 Å². The molecule has 0 spiro atoms. The summed E-state index contributed by atoms with van der Waals surface area (Å²) in [6.07, 6.45) is 1.13. The number of aliphatic imine (C=N–C) groups is 1. The lowest BCUT2D eigenvalue weighted by Crippen LogP contribution is -2.41. The minimum Gasteiger partial charge on any atom is -0.494 e. The van der Waals surface area contributed by atoms with Crippen molar-refractivity contribution in [3.8, 4) is 5.75 Å². The van der Waals surface area contributed by atoms with E-state index in [-0.39, 0.29) is 0 Å². The third-order valence-electron chi connectivity index (χ3n) is 2.72. The van der Waals surface area contributed by atoms with E-state index < -0.39 is 10.0 Å². The number of sulfonamides is 1. The average Bonchev–Trinajstić information content (AvgIpc) is 2.47. The highest BCUT2D eigenvalue weighted by Gasteiger charge is 2.04. The average molecular weight is 328 g/mol. The molecular weight excluding hydrogens is 304 g/mol. The van der Waals surface area contributed by atoms with Crippen molar-refractivity contribution >= 4 is 16.0 Å². The van der Waals surface area contributed by atoms with Gasteiger partial charge in [-0.05, 0) is 13.0 Å². The lowest BCUT2D eigenvalue weighted by atomic mass is 10.2. The predicted molar refractivity (Wildman–Crippen MR) is 88.7 cm³/mol. The lowest BCUT2D eigenvalue weighted by Gasteiger charge is -2.14. The quantitative estimate of drug-likeness (QED) is 0.363. The van der Waals surface area contributed by atoms with Crippen molar-refractivity contribution in [2.24, 2.45) is 4.99 Å². The van der Waals surface area contributed by atoms with Gasteiger partial charge in [0.15, 0.2) is 5.96 Å². The zero-order valence-corrected chi connectivity index (χ0v) is 14.0. The van der Waals surface area contributed by atoms with Crippen LogP contribution in [0.2, 0.25) is 0 Å². The summed E-state index contributed by atoms with van der Waals surface area (Å²) in [6.45, 7) is 3.87. The minimum absolute atomic E-state index is 0.301. The molecule has 1 aromatic rings. The number of nitrogens with one attached hydrogen (secondary N) is 3. The molecule has 8 heteroatoms. The summed E-state index contributed by atoms with van der Waals surface area (Å²) in [4.78, 5) is 4.09. The first-order chi connectivity index (χ1) is 10.5. The first kappa shape index (κ1) is 18.2. The van der Waals surface area contributed by atoms with E-state index in [9.17, 15) is 8.42 Å². The van der Waals surface area contributed by atoms with Gasteiger partial charge < -0.3 is 15.4 Å². The smallest absolute Gasteiger partial charge is 0.208 e. The molecule has 7 nitrogen and oxygen atoms in total. The molecule has 0 bridgehead atoms. The Morgan fingerprint density at radius 1 is 1.23 bits per heavy atom. The number of rotatable bonds is 8. The molecule has 0 amide bonds. The van der Waals surface area contributed by atoms with Crippen LogP contribution in [0.4, 0.5) is 0 Å². The molecule has 0 aromatic heterocycles. The van der Waals surface area contributed by atoms with E-state index in [4.69, 9.17) is 4.74 Å². The van der Waals surface area contributed by atoms with E-state index in [0.29, 0.717) is 32.2 Å². The minimum atomic E-state index is -3.16. The van der Waals surface area contributed by atoms with Crippen molar-refractivity contribution in [3.63, 3.8) is 0 Å². The Hall–Kier alpha value is -1.80. The van der Waals surface area contributed by atoms with Crippen LogP contribution in [0, 0.1) is 0 Å². The SMILES string of the molecule is CCOc1ccccc1CNC(=NC)NCCNS(C)(=O)=O. The topological polar surface area (TPSA) is 91.8 Å². The second-order valence-corrected chi connectivity index (χ2v) is 6.39. The summed E-state index contributed by atoms with van der Waals surface area (Å²) in [5.74, 6) is 1.44. The van der Waals surface area contributed by atoms with Gasteiger partial charge in [0, 0.05) is 32.2 Å². The van der Waals surface area contributed by atoms with Gasteiger partial charge in [0.1, 0.15) is 5.75 Å². The lowest BCUT2D eigenvalue weighted by molar-refractivity contribution is 0.336. The molecule has 0 radical (unpaired) electrons. The molecule has 0 unspecified atom stereocenters. The highest BCUT2D eigenvalue weighted by Crippen LogP contribution is 2.17. The fourth-order valence-electron chi connectivity index (χ4n) is 1.76. The number of guanidine groups is 1. The van der Waals surface area contributed by atoms with Gasteiger partial charge in [-0.15, -0.1) is 0 Å². The summed E-state index contributed by atoms with van der Waals surface area (Å²) in [5.41, 5.74) is 1.03.